The lowest BCUT2D eigenvalue weighted by atomic mass is 10.2. The Kier molecular flexibility index (Phi) is 4.31. The second-order valence-electron chi connectivity index (χ2n) is 4.03. The van der Waals surface area contributed by atoms with Gasteiger partial charge in [-0.1, -0.05) is 11.6 Å². The van der Waals surface area contributed by atoms with Crippen LogP contribution in [0, 0.1) is 11.3 Å². The standard InChI is InChI=1S/C13H11ClN4O2S/c1-16-11-4-5-17-8-13(11)21(19,20)18-12-6-9(7-15)2-3-10(12)14/h2-6,8,18H,1H3,(H,16,17). The summed E-state index contributed by atoms with van der Waals surface area (Å²) in [5, 5.41) is 11.8. The summed E-state index contributed by atoms with van der Waals surface area (Å²) < 4.78 is 27.2. The molecule has 2 aromatic rings. The molecule has 0 spiro atoms. The summed E-state index contributed by atoms with van der Waals surface area (Å²) in [6, 6.07) is 7.80. The highest BCUT2D eigenvalue weighted by Crippen LogP contribution is 2.27. The van der Waals surface area contributed by atoms with Crippen molar-refractivity contribution in [3.63, 3.8) is 0 Å². The van der Waals surface area contributed by atoms with Crippen molar-refractivity contribution < 1.29 is 8.42 Å². The van der Waals surface area contributed by atoms with Crippen LogP contribution >= 0.6 is 11.6 Å². The normalized spacial score (nSPS) is 10.7. The summed E-state index contributed by atoms with van der Waals surface area (Å²) in [6.45, 7) is 0. The molecule has 0 saturated carbocycles. The fourth-order valence-electron chi connectivity index (χ4n) is 1.67. The van der Waals surface area contributed by atoms with E-state index in [9.17, 15) is 8.42 Å². The van der Waals surface area contributed by atoms with E-state index in [1.54, 1.807) is 13.1 Å². The van der Waals surface area contributed by atoms with Gasteiger partial charge in [-0.3, -0.25) is 9.71 Å². The van der Waals surface area contributed by atoms with Crippen molar-refractivity contribution in [1.82, 2.24) is 4.98 Å². The van der Waals surface area contributed by atoms with Gasteiger partial charge in [0.2, 0.25) is 0 Å². The van der Waals surface area contributed by atoms with Crippen molar-refractivity contribution in [2.45, 2.75) is 4.90 Å². The molecule has 0 fully saturated rings. The Morgan fingerprint density at radius 2 is 2.05 bits per heavy atom. The maximum absolute atomic E-state index is 12.4. The molecule has 0 radical (unpaired) electrons. The molecule has 0 saturated heterocycles. The second-order valence-corrected chi connectivity index (χ2v) is 6.09. The van der Waals surface area contributed by atoms with E-state index < -0.39 is 10.0 Å². The molecule has 2 N–H and O–H groups in total. The maximum atomic E-state index is 12.4. The Bertz CT molecular complexity index is 815. The molecule has 2 rings (SSSR count). The van der Waals surface area contributed by atoms with Crippen LogP contribution in [0.1, 0.15) is 5.56 Å². The van der Waals surface area contributed by atoms with Gasteiger partial charge >= 0.3 is 0 Å². The average molecular weight is 323 g/mol. The number of anilines is 2. The molecule has 108 valence electrons. The van der Waals surface area contributed by atoms with Crippen molar-refractivity contribution in [1.29, 1.82) is 5.26 Å². The van der Waals surface area contributed by atoms with Crippen LogP contribution in [0.15, 0.2) is 41.6 Å². The molecule has 0 aliphatic heterocycles. The molecular weight excluding hydrogens is 312 g/mol. The summed E-state index contributed by atoms with van der Waals surface area (Å²) in [5.41, 5.74) is 0.851. The predicted molar refractivity (Wildman–Crippen MR) is 80.8 cm³/mol. The Morgan fingerprint density at radius 3 is 2.71 bits per heavy atom. The minimum atomic E-state index is -3.87. The van der Waals surface area contributed by atoms with Gasteiger partial charge in [0.15, 0.2) is 0 Å². The van der Waals surface area contributed by atoms with Gasteiger partial charge in [-0.05, 0) is 24.3 Å². The molecule has 1 aromatic carbocycles. The molecule has 21 heavy (non-hydrogen) atoms. The molecule has 0 bridgehead atoms. The van der Waals surface area contributed by atoms with Gasteiger partial charge in [0.1, 0.15) is 4.90 Å². The first-order valence-electron chi connectivity index (χ1n) is 5.82. The highest BCUT2D eigenvalue weighted by atomic mass is 35.5. The highest BCUT2D eigenvalue weighted by molar-refractivity contribution is 7.92. The van der Waals surface area contributed by atoms with Gasteiger partial charge < -0.3 is 5.32 Å². The number of hydrogen-bond acceptors (Lipinski definition) is 5. The number of sulfonamides is 1. The fourth-order valence-corrected chi connectivity index (χ4v) is 3.12. The van der Waals surface area contributed by atoms with Crippen molar-refractivity contribution in [2.75, 3.05) is 17.1 Å². The van der Waals surface area contributed by atoms with E-state index in [2.05, 4.69) is 15.0 Å². The van der Waals surface area contributed by atoms with Crippen molar-refractivity contribution in [2.24, 2.45) is 0 Å². The zero-order valence-electron chi connectivity index (χ0n) is 11.0. The lowest BCUT2D eigenvalue weighted by Crippen LogP contribution is -2.15. The van der Waals surface area contributed by atoms with Crippen LogP contribution in [0.4, 0.5) is 11.4 Å². The summed E-state index contributed by atoms with van der Waals surface area (Å²) >= 11 is 5.95. The topological polar surface area (TPSA) is 94.9 Å². The smallest absolute Gasteiger partial charge is 0.265 e. The third-order valence-electron chi connectivity index (χ3n) is 2.68. The van der Waals surface area contributed by atoms with E-state index in [0.29, 0.717) is 11.3 Å². The number of nitrogens with zero attached hydrogens (tertiary/aromatic N) is 2. The molecule has 1 heterocycles. The average Bonchev–Trinajstić information content (AvgIpc) is 2.49. The molecule has 0 atom stereocenters. The first-order valence-corrected chi connectivity index (χ1v) is 7.68. The maximum Gasteiger partial charge on any atom is 0.265 e. The van der Waals surface area contributed by atoms with Crippen LogP contribution < -0.4 is 10.0 Å². The minimum absolute atomic E-state index is 0.00840. The number of aromatic nitrogens is 1. The summed E-state index contributed by atoms with van der Waals surface area (Å²) in [7, 11) is -2.26. The van der Waals surface area contributed by atoms with Crippen molar-refractivity contribution in [3.05, 3.63) is 47.2 Å². The SMILES string of the molecule is CNc1ccncc1S(=O)(=O)Nc1cc(C#N)ccc1Cl. The van der Waals surface area contributed by atoms with Crippen LogP contribution in [0.25, 0.3) is 0 Å². The fraction of sp³-hybridized carbons (Fsp3) is 0.0769. The van der Waals surface area contributed by atoms with Crippen LogP contribution in [-0.4, -0.2) is 20.4 Å². The molecule has 6 nitrogen and oxygen atoms in total. The monoisotopic (exact) mass is 322 g/mol. The second kappa shape index (κ2) is 5.99. The van der Waals surface area contributed by atoms with E-state index in [1.807, 2.05) is 6.07 Å². The Hall–Kier alpha value is -2.30. The van der Waals surface area contributed by atoms with Gasteiger partial charge in [0.05, 0.1) is 28.0 Å². The summed E-state index contributed by atoms with van der Waals surface area (Å²) in [5.74, 6) is 0. The number of halogens is 1. The zero-order valence-corrected chi connectivity index (χ0v) is 12.5. The van der Waals surface area contributed by atoms with Gasteiger partial charge in [0, 0.05) is 19.4 Å². The van der Waals surface area contributed by atoms with Gasteiger partial charge in [-0.25, -0.2) is 8.42 Å². The number of pyridine rings is 1. The predicted octanol–water partition coefficient (Wildman–Crippen LogP) is 2.45. The van der Waals surface area contributed by atoms with E-state index in [4.69, 9.17) is 16.9 Å². The third kappa shape index (κ3) is 3.24. The quantitative estimate of drug-likeness (QED) is 0.901. The van der Waals surface area contributed by atoms with Crippen LogP contribution in [-0.2, 0) is 10.0 Å². The summed E-state index contributed by atoms with van der Waals surface area (Å²) in [6.07, 6.45) is 2.71. The van der Waals surface area contributed by atoms with Crippen molar-refractivity contribution >= 4 is 33.0 Å². The van der Waals surface area contributed by atoms with E-state index in [0.717, 1.165) is 0 Å². The lowest BCUT2D eigenvalue weighted by Gasteiger charge is -2.12. The molecule has 0 aliphatic carbocycles. The highest BCUT2D eigenvalue weighted by Gasteiger charge is 2.19. The number of hydrogen-bond donors (Lipinski definition) is 2. The number of benzene rings is 1. The number of rotatable bonds is 4. The van der Waals surface area contributed by atoms with E-state index >= 15 is 0 Å². The molecule has 0 aliphatic rings. The Morgan fingerprint density at radius 1 is 1.29 bits per heavy atom. The first-order chi connectivity index (χ1) is 9.97. The molecular formula is C13H11ClN4O2S. The molecule has 1 aromatic heterocycles. The van der Waals surface area contributed by atoms with Crippen LogP contribution in [0.2, 0.25) is 5.02 Å². The van der Waals surface area contributed by atoms with Crippen LogP contribution in [0.3, 0.4) is 0 Å². The number of nitriles is 1. The molecule has 0 unspecified atom stereocenters. The lowest BCUT2D eigenvalue weighted by molar-refractivity contribution is 0.601. The Labute approximate surface area is 127 Å². The van der Waals surface area contributed by atoms with Crippen LogP contribution in [0.5, 0.6) is 0 Å². The van der Waals surface area contributed by atoms with E-state index in [1.165, 1.54) is 30.6 Å². The molecule has 0 amide bonds. The molecule has 8 heteroatoms. The minimum Gasteiger partial charge on any atom is -0.387 e. The van der Waals surface area contributed by atoms with Gasteiger partial charge in [0.25, 0.3) is 10.0 Å². The summed E-state index contributed by atoms with van der Waals surface area (Å²) in [4.78, 5) is 3.80. The largest absolute Gasteiger partial charge is 0.387 e. The van der Waals surface area contributed by atoms with Crippen molar-refractivity contribution in [3.8, 4) is 6.07 Å². The first kappa shape index (κ1) is 15.1. The third-order valence-corrected chi connectivity index (χ3v) is 4.41. The number of nitrogens with one attached hydrogen (secondary N) is 2. The van der Waals surface area contributed by atoms with E-state index in [-0.39, 0.29) is 15.6 Å². The Balaban J connectivity index is 2.45. The van der Waals surface area contributed by atoms with Gasteiger partial charge in [-0.15, -0.1) is 0 Å². The zero-order chi connectivity index (χ0) is 15.5. The van der Waals surface area contributed by atoms with Gasteiger partial charge in [-0.2, -0.15) is 5.26 Å².